The number of hydrogen-bond donors (Lipinski definition) is 2. The quantitative estimate of drug-likeness (QED) is 0.388. The zero-order valence-corrected chi connectivity index (χ0v) is 17.6. The van der Waals surface area contributed by atoms with Crippen LogP contribution >= 0.6 is 0 Å². The maximum absolute atomic E-state index is 12.9. The molecule has 0 radical (unpaired) electrons. The number of benzene rings is 4. The lowest BCUT2D eigenvalue weighted by Crippen LogP contribution is -2.13. The molecule has 5 nitrogen and oxygen atoms in total. The third-order valence-corrected chi connectivity index (χ3v) is 6.14. The second-order valence-corrected chi connectivity index (χ2v) is 8.71. The van der Waals surface area contributed by atoms with Crippen molar-refractivity contribution in [2.45, 2.75) is 4.90 Å². The van der Waals surface area contributed by atoms with Crippen LogP contribution in [-0.4, -0.2) is 14.3 Å². The van der Waals surface area contributed by atoms with Crippen molar-refractivity contribution in [2.75, 3.05) is 10.0 Å². The molecule has 0 bridgehead atoms. The summed E-state index contributed by atoms with van der Waals surface area (Å²) in [5.74, 6) is -0.740. The molecule has 0 atom stereocenters. The predicted molar refractivity (Wildman–Crippen MR) is 125 cm³/mol. The van der Waals surface area contributed by atoms with E-state index in [4.69, 9.17) is 0 Å². The Morgan fingerprint density at radius 2 is 1.50 bits per heavy atom. The third-order valence-electron chi connectivity index (χ3n) is 4.76. The normalized spacial score (nSPS) is 11.5. The minimum absolute atomic E-state index is 0.0743. The number of halogens is 1. The maximum Gasteiger partial charge on any atom is 0.261 e. The Bertz CT molecular complexity index is 1390. The van der Waals surface area contributed by atoms with Gasteiger partial charge in [-0.25, -0.2) is 12.8 Å². The fourth-order valence-electron chi connectivity index (χ4n) is 3.17. The lowest BCUT2D eigenvalue weighted by atomic mass is 10.1. The van der Waals surface area contributed by atoms with E-state index >= 15 is 0 Å². The van der Waals surface area contributed by atoms with E-state index in [2.05, 4.69) is 10.0 Å². The molecule has 0 fully saturated rings. The summed E-state index contributed by atoms with van der Waals surface area (Å²) >= 11 is 0. The first-order valence-electron chi connectivity index (χ1n) is 9.76. The van der Waals surface area contributed by atoms with Crippen molar-refractivity contribution in [3.63, 3.8) is 0 Å². The molecule has 0 aliphatic carbocycles. The molecule has 0 aliphatic rings. The monoisotopic (exact) mass is 446 g/mol. The van der Waals surface area contributed by atoms with Crippen LogP contribution in [0.3, 0.4) is 0 Å². The lowest BCUT2D eigenvalue weighted by Gasteiger charge is -2.11. The molecular weight excluding hydrogens is 427 g/mol. The van der Waals surface area contributed by atoms with Crippen LogP contribution in [0.15, 0.2) is 102 Å². The number of carbonyl (C=O) groups is 1. The van der Waals surface area contributed by atoms with Crippen LogP contribution in [0.1, 0.15) is 5.56 Å². The molecule has 7 heteroatoms. The van der Waals surface area contributed by atoms with Gasteiger partial charge in [-0.1, -0.05) is 48.5 Å². The summed E-state index contributed by atoms with van der Waals surface area (Å²) < 4.78 is 41.2. The fourth-order valence-corrected chi connectivity index (χ4v) is 4.24. The highest BCUT2D eigenvalue weighted by Crippen LogP contribution is 2.26. The Balaban J connectivity index is 1.45. The summed E-state index contributed by atoms with van der Waals surface area (Å²) in [5, 5.41) is 4.39. The van der Waals surface area contributed by atoms with Crippen LogP contribution in [0.25, 0.3) is 16.8 Å². The van der Waals surface area contributed by atoms with Crippen molar-refractivity contribution in [2.24, 2.45) is 0 Å². The second-order valence-electron chi connectivity index (χ2n) is 7.03. The molecule has 0 saturated carbocycles. The van der Waals surface area contributed by atoms with Gasteiger partial charge < -0.3 is 5.32 Å². The van der Waals surface area contributed by atoms with Gasteiger partial charge in [-0.2, -0.15) is 0 Å². The van der Waals surface area contributed by atoms with Crippen LogP contribution in [0.4, 0.5) is 15.8 Å². The number of hydrogen-bond acceptors (Lipinski definition) is 3. The standard InChI is InChI=1S/C25H19FN2O3S/c26-20-11-8-18(9-12-20)10-17-25(29)27-21-13-15-22(16-14-21)32(30,31)28-24-7-3-5-19-4-1-2-6-23(19)24/h1-17,28H,(H,27,29). The Hall–Kier alpha value is -3.97. The molecule has 4 rings (SSSR count). The minimum Gasteiger partial charge on any atom is -0.323 e. The van der Waals surface area contributed by atoms with Gasteiger partial charge >= 0.3 is 0 Å². The highest BCUT2D eigenvalue weighted by Gasteiger charge is 2.15. The number of carbonyl (C=O) groups excluding carboxylic acids is 1. The van der Waals surface area contributed by atoms with Gasteiger partial charge in [-0.05, 0) is 59.5 Å². The minimum atomic E-state index is -3.81. The molecule has 0 spiro atoms. The molecule has 0 saturated heterocycles. The van der Waals surface area contributed by atoms with E-state index < -0.39 is 10.0 Å². The number of anilines is 2. The van der Waals surface area contributed by atoms with Crippen molar-refractivity contribution in [1.29, 1.82) is 0 Å². The molecule has 0 aromatic heterocycles. The lowest BCUT2D eigenvalue weighted by molar-refractivity contribution is -0.111. The summed E-state index contributed by atoms with van der Waals surface area (Å²) in [6, 6.07) is 24.5. The first kappa shape index (κ1) is 21.3. The van der Waals surface area contributed by atoms with Gasteiger partial charge in [0.1, 0.15) is 5.82 Å². The largest absolute Gasteiger partial charge is 0.323 e. The summed E-state index contributed by atoms with van der Waals surface area (Å²) in [7, 11) is -3.81. The van der Waals surface area contributed by atoms with Crippen LogP contribution in [-0.2, 0) is 14.8 Å². The van der Waals surface area contributed by atoms with Crippen molar-refractivity contribution in [1.82, 2.24) is 0 Å². The molecular formula is C25H19FN2O3S. The zero-order chi connectivity index (χ0) is 22.6. The molecule has 0 unspecified atom stereocenters. The SMILES string of the molecule is O=C(C=Cc1ccc(F)cc1)Nc1ccc(S(=O)(=O)Nc2cccc3ccccc23)cc1. The van der Waals surface area contributed by atoms with E-state index in [1.54, 1.807) is 30.3 Å². The second kappa shape index (κ2) is 9.03. The summed E-state index contributed by atoms with van der Waals surface area (Å²) in [4.78, 5) is 12.2. The molecule has 32 heavy (non-hydrogen) atoms. The topological polar surface area (TPSA) is 75.3 Å². The van der Waals surface area contributed by atoms with Gasteiger partial charge in [0, 0.05) is 17.1 Å². The van der Waals surface area contributed by atoms with Crippen LogP contribution in [0.2, 0.25) is 0 Å². The predicted octanol–water partition coefficient (Wildman–Crippen LogP) is 5.43. The summed E-state index contributed by atoms with van der Waals surface area (Å²) in [6.45, 7) is 0. The molecule has 4 aromatic carbocycles. The van der Waals surface area contributed by atoms with E-state index in [-0.39, 0.29) is 16.6 Å². The number of fused-ring (bicyclic) bond motifs is 1. The van der Waals surface area contributed by atoms with Crippen molar-refractivity contribution in [3.8, 4) is 0 Å². The Kier molecular flexibility index (Phi) is 6.00. The van der Waals surface area contributed by atoms with Gasteiger partial charge in [-0.15, -0.1) is 0 Å². The Labute approximate surface area is 185 Å². The number of nitrogens with one attached hydrogen (secondary N) is 2. The van der Waals surface area contributed by atoms with E-state index in [1.807, 2.05) is 30.3 Å². The number of rotatable bonds is 6. The molecule has 1 amide bonds. The van der Waals surface area contributed by atoms with Gasteiger partial charge in [0.25, 0.3) is 10.0 Å². The van der Waals surface area contributed by atoms with Gasteiger partial charge in [0.05, 0.1) is 10.6 Å². The smallest absolute Gasteiger partial charge is 0.261 e. The highest BCUT2D eigenvalue weighted by molar-refractivity contribution is 7.92. The molecule has 2 N–H and O–H groups in total. The van der Waals surface area contributed by atoms with E-state index in [0.717, 1.165) is 10.8 Å². The summed E-state index contributed by atoms with van der Waals surface area (Å²) in [6.07, 6.45) is 2.88. The van der Waals surface area contributed by atoms with Crippen LogP contribution in [0, 0.1) is 5.82 Å². The van der Waals surface area contributed by atoms with Crippen molar-refractivity contribution >= 4 is 44.2 Å². The summed E-state index contributed by atoms with van der Waals surface area (Å²) in [5.41, 5.74) is 1.62. The maximum atomic E-state index is 12.9. The average molecular weight is 447 g/mol. The van der Waals surface area contributed by atoms with E-state index in [0.29, 0.717) is 16.9 Å². The third kappa shape index (κ3) is 5.01. The molecule has 160 valence electrons. The first-order valence-corrected chi connectivity index (χ1v) is 11.2. The van der Waals surface area contributed by atoms with Gasteiger partial charge in [-0.3, -0.25) is 9.52 Å². The van der Waals surface area contributed by atoms with Gasteiger partial charge in [0.15, 0.2) is 0 Å². The molecule has 0 aliphatic heterocycles. The number of sulfonamides is 1. The number of amides is 1. The fraction of sp³-hybridized carbons (Fsp3) is 0. The molecule has 4 aromatic rings. The van der Waals surface area contributed by atoms with Gasteiger partial charge in [0.2, 0.25) is 5.91 Å². The Morgan fingerprint density at radius 3 is 2.25 bits per heavy atom. The van der Waals surface area contributed by atoms with E-state index in [9.17, 15) is 17.6 Å². The van der Waals surface area contributed by atoms with Crippen LogP contribution in [0.5, 0.6) is 0 Å². The first-order chi connectivity index (χ1) is 15.4. The van der Waals surface area contributed by atoms with Crippen molar-refractivity contribution < 1.29 is 17.6 Å². The zero-order valence-electron chi connectivity index (χ0n) is 16.8. The van der Waals surface area contributed by atoms with Crippen LogP contribution < -0.4 is 10.0 Å². The Morgan fingerprint density at radius 1 is 0.812 bits per heavy atom. The highest BCUT2D eigenvalue weighted by atomic mass is 32.2. The van der Waals surface area contributed by atoms with Crippen molar-refractivity contribution in [3.05, 3.63) is 108 Å². The molecule has 0 heterocycles. The average Bonchev–Trinajstić information content (AvgIpc) is 2.79. The van der Waals surface area contributed by atoms with E-state index in [1.165, 1.54) is 42.5 Å².